The van der Waals surface area contributed by atoms with Crippen LogP contribution in [0.2, 0.25) is 10.0 Å². The summed E-state index contributed by atoms with van der Waals surface area (Å²) in [7, 11) is 0. The third-order valence-electron chi connectivity index (χ3n) is 4.13. The number of carboxylic acids is 1. The number of nitrogens with zero attached hydrogens (tertiary/aromatic N) is 1. The fraction of sp³-hybridized carbons (Fsp3) is 0.100. The van der Waals surface area contributed by atoms with Crippen LogP contribution in [0.1, 0.15) is 12.5 Å². The second-order valence-corrected chi connectivity index (χ2v) is 7.37. The Hall–Kier alpha value is -2.94. The number of carbonyl (C=O) groups excluding carboxylic acids is 2. The van der Waals surface area contributed by atoms with E-state index >= 15 is 0 Å². The lowest BCUT2D eigenvalue weighted by atomic mass is 10.1. The Kier molecular flexibility index (Phi) is 6.40. The van der Waals surface area contributed by atoms with Gasteiger partial charge in [0, 0.05) is 0 Å². The van der Waals surface area contributed by atoms with Crippen LogP contribution in [0, 0.1) is 0 Å². The number of ether oxygens (including phenoxy) is 1. The monoisotopic (exact) mass is 464 g/mol. The summed E-state index contributed by atoms with van der Waals surface area (Å²) >= 11 is 17.4. The van der Waals surface area contributed by atoms with E-state index in [0.29, 0.717) is 11.3 Å². The highest BCUT2D eigenvalue weighted by molar-refractivity contribution is 7.80. The number of nitrogens with one attached hydrogen (secondary N) is 1. The zero-order valence-corrected chi connectivity index (χ0v) is 17.7. The zero-order chi connectivity index (χ0) is 22.0. The van der Waals surface area contributed by atoms with Crippen LogP contribution in [-0.2, 0) is 14.4 Å². The number of carbonyl (C=O) groups is 3. The smallest absolute Gasteiger partial charge is 0.344 e. The maximum absolute atomic E-state index is 13.0. The molecule has 7 nitrogen and oxygen atoms in total. The maximum atomic E-state index is 13.0. The minimum absolute atomic E-state index is 0.113. The van der Waals surface area contributed by atoms with Crippen LogP contribution in [0.5, 0.6) is 5.75 Å². The van der Waals surface area contributed by atoms with E-state index in [1.54, 1.807) is 30.3 Å². The molecular formula is C20H14Cl2N2O5S. The van der Waals surface area contributed by atoms with Gasteiger partial charge in [-0.15, -0.1) is 0 Å². The minimum Gasteiger partial charge on any atom is -0.479 e. The number of thiocarbonyl (C=S) groups is 1. The highest BCUT2D eigenvalue weighted by atomic mass is 35.5. The van der Waals surface area contributed by atoms with Crippen molar-refractivity contribution in [3.63, 3.8) is 0 Å². The molecule has 1 atom stereocenters. The lowest BCUT2D eigenvalue weighted by Gasteiger charge is -2.29. The summed E-state index contributed by atoms with van der Waals surface area (Å²) in [5.41, 5.74) is 0.609. The van der Waals surface area contributed by atoms with E-state index in [-0.39, 0.29) is 26.4 Å². The molecule has 1 heterocycles. The molecule has 2 aromatic rings. The summed E-state index contributed by atoms with van der Waals surface area (Å²) in [6.07, 6.45) is 0.367. The first-order valence-corrected chi connectivity index (χ1v) is 9.70. The summed E-state index contributed by atoms with van der Waals surface area (Å²) in [5.74, 6) is -2.08. The van der Waals surface area contributed by atoms with E-state index in [1.807, 2.05) is 0 Å². The number of rotatable bonds is 5. The molecule has 2 aromatic carbocycles. The summed E-state index contributed by atoms with van der Waals surface area (Å²) in [5, 5.41) is 11.6. The van der Waals surface area contributed by atoms with Crippen molar-refractivity contribution in [3.8, 4) is 5.75 Å². The topological polar surface area (TPSA) is 95.9 Å². The van der Waals surface area contributed by atoms with Crippen LogP contribution in [0.4, 0.5) is 5.69 Å². The molecule has 2 amide bonds. The van der Waals surface area contributed by atoms with Crippen LogP contribution in [0.25, 0.3) is 6.08 Å². The standard InChI is InChI=1S/C20H14Cl2N2O5S/c1-10(19(27)28)29-12-7-5-11(6-8-12)9-13-17(25)23-20(30)24(18(13)26)15-4-2-3-14(21)16(15)22/h2-10H,1H3,(H,27,28)(H,23,25,30). The quantitative estimate of drug-likeness (QED) is 0.398. The van der Waals surface area contributed by atoms with Gasteiger partial charge in [0.2, 0.25) is 0 Å². The number of aliphatic carboxylic acids is 1. The predicted octanol–water partition coefficient (Wildman–Crippen LogP) is 3.68. The Labute approximate surface area is 186 Å². The third kappa shape index (κ3) is 4.46. The van der Waals surface area contributed by atoms with E-state index in [4.69, 9.17) is 45.3 Å². The van der Waals surface area contributed by atoms with Crippen molar-refractivity contribution < 1.29 is 24.2 Å². The molecule has 0 spiro atoms. The molecule has 1 fully saturated rings. The summed E-state index contributed by atoms with van der Waals surface area (Å²) in [6, 6.07) is 11.0. The molecular weight excluding hydrogens is 451 g/mol. The molecule has 154 valence electrons. The summed E-state index contributed by atoms with van der Waals surface area (Å²) in [6.45, 7) is 1.40. The van der Waals surface area contributed by atoms with E-state index < -0.39 is 23.9 Å². The van der Waals surface area contributed by atoms with Crippen molar-refractivity contribution in [3.05, 3.63) is 63.6 Å². The number of hydrogen-bond acceptors (Lipinski definition) is 5. The molecule has 1 aliphatic heterocycles. The maximum Gasteiger partial charge on any atom is 0.344 e. The van der Waals surface area contributed by atoms with Crippen molar-refractivity contribution in [2.24, 2.45) is 0 Å². The Bertz CT molecular complexity index is 1090. The first-order valence-electron chi connectivity index (χ1n) is 8.54. The van der Waals surface area contributed by atoms with E-state index in [0.717, 1.165) is 4.90 Å². The number of anilines is 1. The van der Waals surface area contributed by atoms with Crippen LogP contribution in [-0.4, -0.2) is 34.1 Å². The van der Waals surface area contributed by atoms with Crippen LogP contribution in [0.3, 0.4) is 0 Å². The van der Waals surface area contributed by atoms with Gasteiger partial charge >= 0.3 is 5.97 Å². The van der Waals surface area contributed by atoms with Gasteiger partial charge in [-0.2, -0.15) is 0 Å². The first-order chi connectivity index (χ1) is 14.2. The van der Waals surface area contributed by atoms with Crippen LogP contribution in [0.15, 0.2) is 48.0 Å². The van der Waals surface area contributed by atoms with Gasteiger partial charge in [-0.3, -0.25) is 19.8 Å². The SMILES string of the molecule is CC(Oc1ccc(C=C2C(=O)NC(=S)N(c3cccc(Cl)c3Cl)C2=O)cc1)C(=O)O. The second-order valence-electron chi connectivity index (χ2n) is 6.20. The number of benzene rings is 2. The molecule has 1 unspecified atom stereocenters. The Morgan fingerprint density at radius 3 is 2.50 bits per heavy atom. The van der Waals surface area contributed by atoms with Gasteiger partial charge in [-0.25, -0.2) is 4.79 Å². The Morgan fingerprint density at radius 2 is 1.87 bits per heavy atom. The van der Waals surface area contributed by atoms with E-state index in [1.165, 1.54) is 25.1 Å². The fourth-order valence-corrected chi connectivity index (χ4v) is 3.26. The average Bonchev–Trinajstić information content (AvgIpc) is 2.69. The van der Waals surface area contributed by atoms with Crippen molar-refractivity contribution in [1.29, 1.82) is 0 Å². The van der Waals surface area contributed by atoms with Gasteiger partial charge in [0.15, 0.2) is 11.2 Å². The molecule has 1 saturated heterocycles. The van der Waals surface area contributed by atoms with Crippen molar-refractivity contribution >= 4 is 70.1 Å². The van der Waals surface area contributed by atoms with E-state index in [9.17, 15) is 14.4 Å². The average molecular weight is 465 g/mol. The lowest BCUT2D eigenvalue weighted by Crippen LogP contribution is -2.54. The van der Waals surface area contributed by atoms with Gasteiger partial charge in [-0.1, -0.05) is 41.4 Å². The normalized spacial score (nSPS) is 16.4. The van der Waals surface area contributed by atoms with Gasteiger partial charge in [0.25, 0.3) is 11.8 Å². The lowest BCUT2D eigenvalue weighted by molar-refractivity contribution is -0.144. The van der Waals surface area contributed by atoms with Crippen molar-refractivity contribution in [1.82, 2.24) is 5.32 Å². The molecule has 0 bridgehead atoms. The summed E-state index contributed by atoms with van der Waals surface area (Å²) < 4.78 is 5.26. The molecule has 0 radical (unpaired) electrons. The third-order valence-corrected chi connectivity index (χ3v) is 5.22. The molecule has 30 heavy (non-hydrogen) atoms. The minimum atomic E-state index is -1.10. The van der Waals surface area contributed by atoms with E-state index in [2.05, 4.69) is 5.32 Å². The molecule has 3 rings (SSSR count). The number of halogens is 2. The summed E-state index contributed by atoms with van der Waals surface area (Å²) in [4.78, 5) is 37.4. The second kappa shape index (κ2) is 8.83. The molecule has 0 aromatic heterocycles. The van der Waals surface area contributed by atoms with Crippen LogP contribution < -0.4 is 15.0 Å². The fourth-order valence-electron chi connectivity index (χ4n) is 2.61. The predicted molar refractivity (Wildman–Crippen MR) is 117 cm³/mol. The first kappa shape index (κ1) is 21.8. The Morgan fingerprint density at radius 1 is 1.20 bits per heavy atom. The molecule has 1 aliphatic rings. The molecule has 10 heteroatoms. The highest BCUT2D eigenvalue weighted by Gasteiger charge is 2.35. The number of hydrogen-bond donors (Lipinski definition) is 2. The van der Waals surface area contributed by atoms with Gasteiger partial charge < -0.3 is 9.84 Å². The van der Waals surface area contributed by atoms with Gasteiger partial charge in [0.05, 0.1) is 15.7 Å². The van der Waals surface area contributed by atoms with Crippen LogP contribution >= 0.6 is 35.4 Å². The largest absolute Gasteiger partial charge is 0.479 e. The number of amides is 2. The van der Waals surface area contributed by atoms with Gasteiger partial charge in [-0.05, 0) is 55.0 Å². The highest BCUT2D eigenvalue weighted by Crippen LogP contribution is 2.34. The van der Waals surface area contributed by atoms with Crippen molar-refractivity contribution in [2.75, 3.05) is 4.90 Å². The number of carboxylic acid groups (broad SMARTS) is 1. The molecule has 0 saturated carbocycles. The van der Waals surface area contributed by atoms with Crippen molar-refractivity contribution in [2.45, 2.75) is 13.0 Å². The molecule has 0 aliphatic carbocycles. The zero-order valence-electron chi connectivity index (χ0n) is 15.4. The molecule has 2 N–H and O–H groups in total. The Balaban J connectivity index is 1.91. The van der Waals surface area contributed by atoms with Gasteiger partial charge in [0.1, 0.15) is 11.3 Å².